The lowest BCUT2D eigenvalue weighted by atomic mass is 9.69. The molecule has 0 bridgehead atoms. The predicted octanol–water partition coefficient (Wildman–Crippen LogP) is 6.33. The fraction of sp³-hybridized carbons (Fsp3) is 0.562. The van der Waals surface area contributed by atoms with Gasteiger partial charge in [0.1, 0.15) is 5.82 Å². The molecule has 5 nitrogen and oxygen atoms in total. The molecule has 2 aromatic carbocycles. The number of halogens is 1. The van der Waals surface area contributed by atoms with Crippen molar-refractivity contribution in [1.29, 1.82) is 0 Å². The highest BCUT2D eigenvalue weighted by atomic mass is 35.5. The van der Waals surface area contributed by atoms with E-state index in [1.165, 1.54) is 68.3 Å². The highest BCUT2D eigenvalue weighted by molar-refractivity contribution is 6.35. The molecule has 3 fully saturated rings. The van der Waals surface area contributed by atoms with E-state index in [1.54, 1.807) is 6.07 Å². The largest absolute Gasteiger partial charge is 0.396 e. The Kier molecular flexibility index (Phi) is 6.37. The maximum Gasteiger partial charge on any atom is 0.282 e. The van der Waals surface area contributed by atoms with Crippen molar-refractivity contribution in [1.82, 2.24) is 14.5 Å². The molecule has 0 radical (unpaired) electrons. The van der Waals surface area contributed by atoms with Gasteiger partial charge in [-0.25, -0.2) is 0 Å². The van der Waals surface area contributed by atoms with E-state index in [-0.39, 0.29) is 11.0 Å². The van der Waals surface area contributed by atoms with Gasteiger partial charge in [0.05, 0.1) is 27.0 Å². The van der Waals surface area contributed by atoms with Gasteiger partial charge >= 0.3 is 0 Å². The summed E-state index contributed by atoms with van der Waals surface area (Å²) in [6.07, 6.45) is 12.9. The number of hydrogen-bond acceptors (Lipinski definition) is 4. The van der Waals surface area contributed by atoms with E-state index in [0.29, 0.717) is 34.9 Å². The summed E-state index contributed by atoms with van der Waals surface area (Å²) >= 11 is 6.56. The smallest absolute Gasteiger partial charge is 0.282 e. The van der Waals surface area contributed by atoms with Crippen molar-refractivity contribution < 1.29 is 5.11 Å². The number of fused-ring (bicyclic) bond motifs is 7. The van der Waals surface area contributed by atoms with Crippen molar-refractivity contribution in [3.63, 3.8) is 0 Å². The summed E-state index contributed by atoms with van der Waals surface area (Å²) in [5.74, 6) is 1.94. The molecule has 7 rings (SSSR count). The van der Waals surface area contributed by atoms with Crippen LogP contribution in [-0.2, 0) is 5.41 Å². The minimum Gasteiger partial charge on any atom is -0.396 e. The monoisotopic (exact) mass is 531 g/mol. The molecule has 3 aromatic rings. The van der Waals surface area contributed by atoms with Gasteiger partial charge in [-0.2, -0.15) is 4.98 Å². The highest BCUT2D eigenvalue weighted by Crippen LogP contribution is 2.52. The minimum absolute atomic E-state index is 0.175. The molecular formula is C32H38ClN3O2. The Morgan fingerprint density at radius 2 is 1.82 bits per heavy atom. The van der Waals surface area contributed by atoms with Crippen molar-refractivity contribution in [3.8, 4) is 5.69 Å². The van der Waals surface area contributed by atoms with Crippen LogP contribution in [0.15, 0.2) is 41.2 Å². The first kappa shape index (κ1) is 24.8. The molecule has 1 atom stereocenters. The van der Waals surface area contributed by atoms with Crippen LogP contribution in [0.5, 0.6) is 0 Å². The summed E-state index contributed by atoms with van der Waals surface area (Å²) < 4.78 is 2.28. The van der Waals surface area contributed by atoms with Crippen LogP contribution in [0.3, 0.4) is 0 Å². The number of rotatable bonds is 3. The number of piperidine rings is 1. The second-order valence-electron chi connectivity index (χ2n) is 12.3. The molecule has 1 N–H and O–H groups in total. The number of likely N-dealkylation sites (tertiary alicyclic amines) is 1. The van der Waals surface area contributed by atoms with Gasteiger partial charge in [-0.1, -0.05) is 49.1 Å². The Morgan fingerprint density at radius 3 is 2.61 bits per heavy atom. The number of aliphatic hydroxyl groups is 1. The normalized spacial score (nSPS) is 26.9. The van der Waals surface area contributed by atoms with E-state index in [1.807, 2.05) is 12.1 Å². The maximum absolute atomic E-state index is 13.2. The third kappa shape index (κ3) is 3.88. The van der Waals surface area contributed by atoms with E-state index in [2.05, 4.69) is 27.7 Å². The average Bonchev–Trinajstić information content (AvgIpc) is 3.21. The van der Waals surface area contributed by atoms with Gasteiger partial charge in [-0.15, -0.1) is 0 Å². The van der Waals surface area contributed by atoms with Gasteiger partial charge in [-0.3, -0.25) is 14.3 Å². The van der Waals surface area contributed by atoms with E-state index < -0.39 is 0 Å². The third-order valence-corrected chi connectivity index (χ3v) is 10.6. The first-order chi connectivity index (χ1) is 18.6. The van der Waals surface area contributed by atoms with E-state index >= 15 is 0 Å². The SMILES string of the molecule is O=c1nc2n(c3cccc(Cl)c13)-c1cc([C@@H]3CCCN(C4CCC(CO)CC4)C3)ccc1C21CCCCC1. The quantitative estimate of drug-likeness (QED) is 0.429. The Labute approximate surface area is 229 Å². The van der Waals surface area contributed by atoms with Crippen LogP contribution in [0.2, 0.25) is 5.02 Å². The molecule has 2 aliphatic carbocycles. The fourth-order valence-corrected chi connectivity index (χ4v) is 8.51. The standard InChI is InChI=1S/C32H38ClN3O2/c33-26-7-4-8-27-29(26)30(38)34-31-32(15-2-1-3-16-32)25-14-11-22(18-28(25)36(27)31)23-6-5-17-35(19-23)24-12-9-21(20-37)10-13-24/h4,7-8,11,14,18,21,23-24,37H,1-3,5-6,9-10,12-13,15-17,19-20H2/t21?,23-,24?/m1/s1. The van der Waals surface area contributed by atoms with Gasteiger partial charge in [0.2, 0.25) is 0 Å². The van der Waals surface area contributed by atoms with Crippen molar-refractivity contribution in [2.24, 2.45) is 5.92 Å². The first-order valence-corrected chi connectivity index (χ1v) is 15.2. The number of hydrogen-bond donors (Lipinski definition) is 1. The van der Waals surface area contributed by atoms with Crippen LogP contribution < -0.4 is 5.56 Å². The van der Waals surface area contributed by atoms with Crippen LogP contribution in [0, 0.1) is 5.92 Å². The van der Waals surface area contributed by atoms with Crippen molar-refractivity contribution in [3.05, 3.63) is 68.7 Å². The lowest BCUT2D eigenvalue weighted by molar-refractivity contribution is 0.0884. The van der Waals surface area contributed by atoms with Crippen molar-refractivity contribution in [2.75, 3.05) is 19.7 Å². The number of aromatic nitrogens is 2. The molecule has 6 heteroatoms. The maximum atomic E-state index is 13.2. The van der Waals surface area contributed by atoms with Crippen LogP contribution in [0.25, 0.3) is 16.6 Å². The molecule has 38 heavy (non-hydrogen) atoms. The Bertz CT molecular complexity index is 1420. The van der Waals surface area contributed by atoms with Gasteiger partial charge < -0.3 is 5.11 Å². The first-order valence-electron chi connectivity index (χ1n) is 14.8. The van der Waals surface area contributed by atoms with E-state index in [9.17, 15) is 9.90 Å². The Morgan fingerprint density at radius 1 is 1.00 bits per heavy atom. The summed E-state index contributed by atoms with van der Waals surface area (Å²) in [6.45, 7) is 2.64. The summed E-state index contributed by atoms with van der Waals surface area (Å²) in [6, 6.07) is 13.6. The zero-order valence-corrected chi connectivity index (χ0v) is 22.9. The molecule has 2 saturated carbocycles. The topological polar surface area (TPSA) is 58.4 Å². The van der Waals surface area contributed by atoms with Crippen LogP contribution >= 0.6 is 11.6 Å². The van der Waals surface area contributed by atoms with Gasteiger partial charge in [0.15, 0.2) is 0 Å². The van der Waals surface area contributed by atoms with Crippen LogP contribution in [0.4, 0.5) is 0 Å². The molecule has 200 valence electrons. The number of benzene rings is 2. The Balaban J connectivity index is 1.29. The van der Waals surface area contributed by atoms with E-state index in [4.69, 9.17) is 16.6 Å². The number of nitrogens with zero attached hydrogens (tertiary/aromatic N) is 3. The molecule has 1 spiro atoms. The van der Waals surface area contributed by atoms with Crippen LogP contribution in [0.1, 0.15) is 93.5 Å². The molecular weight excluding hydrogens is 494 g/mol. The lowest BCUT2D eigenvalue weighted by Gasteiger charge is -2.41. The van der Waals surface area contributed by atoms with Gasteiger partial charge in [-0.05, 0) is 99.1 Å². The third-order valence-electron chi connectivity index (χ3n) is 10.3. The lowest BCUT2D eigenvalue weighted by Crippen LogP contribution is -2.44. The zero-order chi connectivity index (χ0) is 25.9. The molecule has 1 saturated heterocycles. The second kappa shape index (κ2) is 9.76. The summed E-state index contributed by atoms with van der Waals surface area (Å²) in [5, 5.41) is 10.6. The van der Waals surface area contributed by atoms with Gasteiger partial charge in [0.25, 0.3) is 5.56 Å². The Hall–Kier alpha value is -2.21. The van der Waals surface area contributed by atoms with E-state index in [0.717, 1.165) is 43.6 Å². The minimum atomic E-state index is -0.200. The fourth-order valence-electron chi connectivity index (χ4n) is 8.26. The van der Waals surface area contributed by atoms with Crippen LogP contribution in [-0.4, -0.2) is 45.3 Å². The molecule has 3 heterocycles. The molecule has 1 aromatic heterocycles. The summed E-state index contributed by atoms with van der Waals surface area (Å²) in [7, 11) is 0. The summed E-state index contributed by atoms with van der Waals surface area (Å²) in [4.78, 5) is 20.7. The average molecular weight is 532 g/mol. The summed E-state index contributed by atoms with van der Waals surface area (Å²) in [5.41, 5.74) is 4.47. The molecule has 4 aliphatic rings. The molecule has 0 amide bonds. The predicted molar refractivity (Wildman–Crippen MR) is 153 cm³/mol. The highest BCUT2D eigenvalue weighted by Gasteiger charge is 2.46. The number of aliphatic hydroxyl groups excluding tert-OH is 1. The van der Waals surface area contributed by atoms with Crippen molar-refractivity contribution >= 4 is 22.5 Å². The zero-order valence-electron chi connectivity index (χ0n) is 22.2. The van der Waals surface area contributed by atoms with Gasteiger partial charge in [0, 0.05) is 19.2 Å². The molecule has 0 unspecified atom stereocenters. The molecule has 2 aliphatic heterocycles. The second-order valence-corrected chi connectivity index (χ2v) is 12.7. The van der Waals surface area contributed by atoms with Crippen molar-refractivity contribution in [2.45, 2.75) is 88.0 Å².